The Morgan fingerprint density at radius 1 is 1.47 bits per heavy atom. The molecule has 104 valence electrons. The number of fused-ring (bicyclic) bond motifs is 1. The van der Waals surface area contributed by atoms with Gasteiger partial charge in [0.05, 0.1) is 6.61 Å². The summed E-state index contributed by atoms with van der Waals surface area (Å²) in [5, 5.41) is 3.30. The molecule has 0 amide bonds. The summed E-state index contributed by atoms with van der Waals surface area (Å²) in [6.07, 6.45) is 3.61. The van der Waals surface area contributed by atoms with Gasteiger partial charge in [-0.1, -0.05) is 24.3 Å². The third-order valence-electron chi connectivity index (χ3n) is 3.80. The normalized spacial score (nSPS) is 19.6. The summed E-state index contributed by atoms with van der Waals surface area (Å²) in [5.74, 6) is 0.355. The topological polar surface area (TPSA) is 38.3 Å². The molecule has 3 nitrogen and oxygen atoms in total. The van der Waals surface area contributed by atoms with Crippen LogP contribution >= 0.6 is 0 Å². The van der Waals surface area contributed by atoms with E-state index in [1.165, 1.54) is 30.4 Å². The van der Waals surface area contributed by atoms with Gasteiger partial charge in [0.2, 0.25) is 0 Å². The third kappa shape index (κ3) is 3.57. The molecular formula is C16H23NO2. The fraction of sp³-hybridized carbons (Fsp3) is 0.562. The first-order chi connectivity index (χ1) is 9.22. The number of aryl methyl sites for hydroxylation is 1. The van der Waals surface area contributed by atoms with Crippen LogP contribution in [-0.2, 0) is 16.0 Å². The maximum atomic E-state index is 11.6. The van der Waals surface area contributed by atoms with Crippen LogP contribution in [0.1, 0.15) is 43.7 Å². The molecule has 2 unspecified atom stereocenters. The highest BCUT2D eigenvalue weighted by Gasteiger charge is 2.21. The van der Waals surface area contributed by atoms with Crippen LogP contribution in [0.15, 0.2) is 24.3 Å². The molecule has 1 aliphatic carbocycles. The summed E-state index contributed by atoms with van der Waals surface area (Å²) in [4.78, 5) is 11.6. The zero-order valence-corrected chi connectivity index (χ0v) is 11.8. The van der Waals surface area contributed by atoms with Crippen molar-refractivity contribution in [1.82, 2.24) is 5.32 Å². The van der Waals surface area contributed by atoms with Crippen molar-refractivity contribution in [2.24, 2.45) is 0 Å². The summed E-state index contributed by atoms with van der Waals surface area (Å²) < 4.78 is 5.01. The zero-order chi connectivity index (χ0) is 13.7. The van der Waals surface area contributed by atoms with Crippen LogP contribution in [0.4, 0.5) is 0 Å². The largest absolute Gasteiger partial charge is 0.465 e. The van der Waals surface area contributed by atoms with Gasteiger partial charge in [0, 0.05) is 6.54 Å². The molecule has 0 aromatic heterocycles. The van der Waals surface area contributed by atoms with E-state index in [2.05, 4.69) is 29.6 Å². The van der Waals surface area contributed by atoms with E-state index in [-0.39, 0.29) is 12.0 Å². The number of esters is 1. The van der Waals surface area contributed by atoms with Gasteiger partial charge in [0.25, 0.3) is 0 Å². The Balaban J connectivity index is 1.92. The number of carbonyl (C=O) groups is 1. The Bertz CT molecular complexity index is 431. The molecule has 1 N–H and O–H groups in total. The van der Waals surface area contributed by atoms with Crippen molar-refractivity contribution in [3.05, 3.63) is 35.4 Å². The molecule has 0 heterocycles. The Hall–Kier alpha value is -1.35. The van der Waals surface area contributed by atoms with Crippen molar-refractivity contribution in [3.63, 3.8) is 0 Å². The SMILES string of the molecule is CCOC(=O)C(C)NCC1CCCc2ccccc21. The van der Waals surface area contributed by atoms with Gasteiger partial charge in [0.15, 0.2) is 0 Å². The van der Waals surface area contributed by atoms with Crippen molar-refractivity contribution in [2.75, 3.05) is 13.2 Å². The van der Waals surface area contributed by atoms with Gasteiger partial charge in [0.1, 0.15) is 6.04 Å². The molecule has 0 saturated heterocycles. The average Bonchev–Trinajstić information content (AvgIpc) is 2.45. The molecule has 19 heavy (non-hydrogen) atoms. The average molecular weight is 261 g/mol. The van der Waals surface area contributed by atoms with Crippen molar-refractivity contribution in [3.8, 4) is 0 Å². The second-order valence-electron chi connectivity index (χ2n) is 5.17. The van der Waals surface area contributed by atoms with E-state index in [4.69, 9.17) is 4.74 Å². The molecule has 2 rings (SSSR count). The van der Waals surface area contributed by atoms with Gasteiger partial charge in [-0.15, -0.1) is 0 Å². The van der Waals surface area contributed by atoms with E-state index >= 15 is 0 Å². The highest BCUT2D eigenvalue weighted by molar-refractivity contribution is 5.75. The van der Waals surface area contributed by atoms with Gasteiger partial charge >= 0.3 is 5.97 Å². The molecule has 0 bridgehead atoms. The van der Waals surface area contributed by atoms with Crippen LogP contribution in [0.2, 0.25) is 0 Å². The maximum Gasteiger partial charge on any atom is 0.322 e. The molecule has 0 radical (unpaired) electrons. The fourth-order valence-corrected chi connectivity index (χ4v) is 2.74. The zero-order valence-electron chi connectivity index (χ0n) is 11.8. The maximum absolute atomic E-state index is 11.6. The van der Waals surface area contributed by atoms with Crippen LogP contribution < -0.4 is 5.32 Å². The van der Waals surface area contributed by atoms with Gasteiger partial charge in [-0.05, 0) is 50.2 Å². The number of ether oxygens (including phenoxy) is 1. The molecule has 0 aliphatic heterocycles. The first kappa shape index (κ1) is 14.1. The lowest BCUT2D eigenvalue weighted by Gasteiger charge is -2.26. The van der Waals surface area contributed by atoms with E-state index in [1.807, 2.05) is 13.8 Å². The van der Waals surface area contributed by atoms with Crippen molar-refractivity contribution in [1.29, 1.82) is 0 Å². The third-order valence-corrected chi connectivity index (χ3v) is 3.80. The Morgan fingerprint density at radius 2 is 2.26 bits per heavy atom. The molecule has 1 aliphatic rings. The second-order valence-corrected chi connectivity index (χ2v) is 5.17. The van der Waals surface area contributed by atoms with E-state index in [0.29, 0.717) is 12.5 Å². The lowest BCUT2D eigenvalue weighted by atomic mass is 9.83. The second kappa shape index (κ2) is 6.71. The predicted molar refractivity (Wildman–Crippen MR) is 76.2 cm³/mol. The van der Waals surface area contributed by atoms with Gasteiger partial charge in [-0.25, -0.2) is 0 Å². The number of benzene rings is 1. The Morgan fingerprint density at radius 3 is 3.05 bits per heavy atom. The fourth-order valence-electron chi connectivity index (χ4n) is 2.74. The quantitative estimate of drug-likeness (QED) is 0.828. The highest BCUT2D eigenvalue weighted by atomic mass is 16.5. The minimum Gasteiger partial charge on any atom is -0.465 e. The van der Waals surface area contributed by atoms with E-state index in [1.54, 1.807) is 0 Å². The van der Waals surface area contributed by atoms with E-state index in [9.17, 15) is 4.79 Å². The summed E-state index contributed by atoms with van der Waals surface area (Å²) in [7, 11) is 0. The summed E-state index contributed by atoms with van der Waals surface area (Å²) in [6.45, 7) is 4.99. The number of carbonyl (C=O) groups excluding carboxylic acids is 1. The lowest BCUT2D eigenvalue weighted by molar-refractivity contribution is -0.145. The molecule has 0 spiro atoms. The number of hydrogen-bond donors (Lipinski definition) is 1. The smallest absolute Gasteiger partial charge is 0.322 e. The molecule has 1 aromatic rings. The van der Waals surface area contributed by atoms with Crippen molar-refractivity contribution >= 4 is 5.97 Å². The van der Waals surface area contributed by atoms with Crippen LogP contribution in [0.5, 0.6) is 0 Å². The molecule has 2 atom stereocenters. The molecule has 3 heteroatoms. The van der Waals surface area contributed by atoms with Gasteiger partial charge in [-0.3, -0.25) is 4.79 Å². The minimum atomic E-state index is -0.228. The number of hydrogen-bond acceptors (Lipinski definition) is 3. The van der Waals surface area contributed by atoms with E-state index < -0.39 is 0 Å². The predicted octanol–water partition coefficient (Wildman–Crippen LogP) is 2.65. The first-order valence-electron chi connectivity index (χ1n) is 7.20. The Kier molecular flexibility index (Phi) is 4.97. The van der Waals surface area contributed by atoms with Gasteiger partial charge < -0.3 is 10.1 Å². The van der Waals surface area contributed by atoms with Crippen LogP contribution in [0.3, 0.4) is 0 Å². The van der Waals surface area contributed by atoms with Crippen LogP contribution in [0, 0.1) is 0 Å². The lowest BCUT2D eigenvalue weighted by Crippen LogP contribution is -2.38. The standard InChI is InChI=1S/C16H23NO2/c1-3-19-16(18)12(2)17-11-14-9-6-8-13-7-4-5-10-15(13)14/h4-5,7,10,12,14,17H,3,6,8-9,11H2,1-2H3. The van der Waals surface area contributed by atoms with Crippen LogP contribution in [0.25, 0.3) is 0 Å². The summed E-state index contributed by atoms with van der Waals surface area (Å²) in [6, 6.07) is 8.42. The monoisotopic (exact) mass is 261 g/mol. The van der Waals surface area contributed by atoms with Crippen molar-refractivity contribution in [2.45, 2.75) is 45.1 Å². The number of nitrogens with one attached hydrogen (secondary N) is 1. The number of rotatable bonds is 5. The highest BCUT2D eigenvalue weighted by Crippen LogP contribution is 2.30. The van der Waals surface area contributed by atoms with Crippen LogP contribution in [-0.4, -0.2) is 25.2 Å². The van der Waals surface area contributed by atoms with Gasteiger partial charge in [-0.2, -0.15) is 0 Å². The molecule has 0 saturated carbocycles. The van der Waals surface area contributed by atoms with Crippen molar-refractivity contribution < 1.29 is 9.53 Å². The summed E-state index contributed by atoms with van der Waals surface area (Å²) >= 11 is 0. The molecule has 1 aromatic carbocycles. The first-order valence-corrected chi connectivity index (χ1v) is 7.20. The van der Waals surface area contributed by atoms with E-state index in [0.717, 1.165) is 6.54 Å². The molecule has 0 fully saturated rings. The Labute approximate surface area is 115 Å². The molecular weight excluding hydrogens is 238 g/mol. The summed E-state index contributed by atoms with van der Waals surface area (Å²) in [5.41, 5.74) is 2.90. The minimum absolute atomic E-state index is 0.161.